The van der Waals surface area contributed by atoms with Crippen molar-refractivity contribution in [2.75, 3.05) is 0 Å². The maximum Gasteiger partial charge on any atom is 0.338 e. The monoisotopic (exact) mass is 393 g/mol. The maximum absolute atomic E-state index is 12.2. The van der Waals surface area contributed by atoms with E-state index in [0.717, 1.165) is 0 Å². The van der Waals surface area contributed by atoms with Crippen LogP contribution in [-0.2, 0) is 11.3 Å². The molecule has 0 aliphatic heterocycles. The SMILES string of the molecule is O=C(OCc1nnc(-c2ccc([N+](=O)[O-])cc2)o1)c1ccc(-n2cnnn2)cc1. The first-order valence-electron chi connectivity index (χ1n) is 8.18. The van der Waals surface area contributed by atoms with E-state index in [1.807, 2.05) is 0 Å². The van der Waals surface area contributed by atoms with Crippen LogP contribution in [0.15, 0.2) is 59.3 Å². The molecular formula is C17H11N7O5. The summed E-state index contributed by atoms with van der Waals surface area (Å²) in [6.07, 6.45) is 1.44. The van der Waals surface area contributed by atoms with Gasteiger partial charge in [-0.05, 0) is 46.8 Å². The Kier molecular flexibility index (Phi) is 4.72. The number of hydrogen-bond donors (Lipinski definition) is 0. The molecule has 12 nitrogen and oxygen atoms in total. The van der Waals surface area contributed by atoms with Gasteiger partial charge in [-0.15, -0.1) is 15.3 Å². The van der Waals surface area contributed by atoms with Crippen LogP contribution in [0.5, 0.6) is 0 Å². The van der Waals surface area contributed by atoms with Crippen molar-refractivity contribution in [3.63, 3.8) is 0 Å². The summed E-state index contributed by atoms with van der Waals surface area (Å²) < 4.78 is 12.1. The molecule has 0 atom stereocenters. The lowest BCUT2D eigenvalue weighted by atomic mass is 10.2. The van der Waals surface area contributed by atoms with E-state index >= 15 is 0 Å². The molecule has 0 amide bonds. The number of aromatic nitrogens is 6. The topological polar surface area (TPSA) is 152 Å². The predicted molar refractivity (Wildman–Crippen MR) is 94.7 cm³/mol. The number of nitro benzene ring substituents is 1. The van der Waals surface area contributed by atoms with Crippen LogP contribution in [0.4, 0.5) is 5.69 Å². The number of nitro groups is 1. The van der Waals surface area contributed by atoms with E-state index in [4.69, 9.17) is 9.15 Å². The molecule has 4 aromatic rings. The van der Waals surface area contributed by atoms with Crippen LogP contribution in [-0.4, -0.2) is 41.3 Å². The summed E-state index contributed by atoms with van der Waals surface area (Å²) in [6.45, 7) is -0.215. The van der Waals surface area contributed by atoms with Gasteiger partial charge >= 0.3 is 5.97 Å². The van der Waals surface area contributed by atoms with Crippen LogP contribution >= 0.6 is 0 Å². The molecule has 144 valence electrons. The Hall–Kier alpha value is -4.48. The average molecular weight is 393 g/mol. The Morgan fingerprint density at radius 3 is 2.52 bits per heavy atom. The standard InChI is InChI=1S/C17H11N7O5/c25-17(12-3-5-13(6-4-12)23-10-18-21-22-23)28-9-15-19-20-16(29-15)11-1-7-14(8-2-11)24(26)27/h1-8,10H,9H2. The molecule has 2 heterocycles. The van der Waals surface area contributed by atoms with E-state index in [1.54, 1.807) is 24.3 Å². The number of nitrogens with zero attached hydrogens (tertiary/aromatic N) is 7. The summed E-state index contributed by atoms with van der Waals surface area (Å²) in [6, 6.07) is 12.2. The fourth-order valence-electron chi connectivity index (χ4n) is 2.39. The number of tetrazole rings is 1. The molecule has 0 aliphatic carbocycles. The maximum atomic E-state index is 12.2. The van der Waals surface area contributed by atoms with Gasteiger partial charge in [0.15, 0.2) is 6.61 Å². The summed E-state index contributed by atoms with van der Waals surface area (Å²) in [7, 11) is 0. The smallest absolute Gasteiger partial charge is 0.338 e. The molecule has 29 heavy (non-hydrogen) atoms. The van der Waals surface area contributed by atoms with E-state index in [-0.39, 0.29) is 24.1 Å². The lowest BCUT2D eigenvalue weighted by Crippen LogP contribution is -2.06. The minimum Gasteiger partial charge on any atom is -0.452 e. The van der Waals surface area contributed by atoms with Crippen molar-refractivity contribution < 1.29 is 18.9 Å². The second-order valence-electron chi connectivity index (χ2n) is 5.68. The van der Waals surface area contributed by atoms with Gasteiger partial charge in [0.1, 0.15) is 6.33 Å². The minimum atomic E-state index is -0.566. The molecule has 0 N–H and O–H groups in total. The van der Waals surface area contributed by atoms with Gasteiger partial charge in [-0.1, -0.05) is 0 Å². The number of non-ortho nitro benzene ring substituents is 1. The second kappa shape index (κ2) is 7.64. The largest absolute Gasteiger partial charge is 0.452 e. The molecule has 0 aliphatic rings. The molecule has 0 bridgehead atoms. The molecular weight excluding hydrogens is 382 g/mol. The summed E-state index contributed by atoms with van der Waals surface area (Å²) >= 11 is 0. The minimum absolute atomic E-state index is 0.0477. The molecule has 4 rings (SSSR count). The van der Waals surface area contributed by atoms with Gasteiger partial charge in [-0.25, -0.2) is 9.48 Å². The van der Waals surface area contributed by atoms with Crippen molar-refractivity contribution in [2.45, 2.75) is 6.61 Å². The van der Waals surface area contributed by atoms with E-state index < -0.39 is 10.9 Å². The lowest BCUT2D eigenvalue weighted by Gasteiger charge is -2.03. The second-order valence-corrected chi connectivity index (χ2v) is 5.68. The van der Waals surface area contributed by atoms with Crippen molar-refractivity contribution in [3.05, 3.63) is 76.4 Å². The third-order valence-electron chi connectivity index (χ3n) is 3.84. The predicted octanol–water partition coefficient (Wildman–Crippen LogP) is 1.98. The van der Waals surface area contributed by atoms with Gasteiger partial charge in [0.25, 0.3) is 11.6 Å². The van der Waals surface area contributed by atoms with Gasteiger partial charge in [0.05, 0.1) is 16.2 Å². The fourth-order valence-corrected chi connectivity index (χ4v) is 2.39. The summed E-state index contributed by atoms with van der Waals surface area (Å²) in [4.78, 5) is 22.4. The van der Waals surface area contributed by atoms with Crippen molar-refractivity contribution >= 4 is 11.7 Å². The van der Waals surface area contributed by atoms with Gasteiger partial charge in [-0.3, -0.25) is 10.1 Å². The molecule has 0 unspecified atom stereocenters. The number of carbonyl (C=O) groups is 1. The fraction of sp³-hybridized carbons (Fsp3) is 0.0588. The number of benzene rings is 2. The van der Waals surface area contributed by atoms with E-state index in [1.165, 1.54) is 35.3 Å². The van der Waals surface area contributed by atoms with E-state index in [9.17, 15) is 14.9 Å². The summed E-state index contributed by atoms with van der Waals surface area (Å²) in [5.74, 6) is -0.308. The van der Waals surface area contributed by atoms with Crippen molar-refractivity contribution in [3.8, 4) is 17.1 Å². The summed E-state index contributed by atoms with van der Waals surface area (Å²) in [5.41, 5.74) is 1.49. The Balaban J connectivity index is 1.38. The Morgan fingerprint density at radius 1 is 1.10 bits per heavy atom. The quantitative estimate of drug-likeness (QED) is 0.270. The first-order chi connectivity index (χ1) is 14.1. The highest BCUT2D eigenvalue weighted by Gasteiger charge is 2.14. The van der Waals surface area contributed by atoms with Crippen LogP contribution in [0, 0.1) is 10.1 Å². The van der Waals surface area contributed by atoms with Crippen molar-refractivity contribution in [1.29, 1.82) is 0 Å². The van der Waals surface area contributed by atoms with Crippen LogP contribution in [0.1, 0.15) is 16.2 Å². The molecule has 12 heteroatoms. The molecule has 0 saturated heterocycles. The van der Waals surface area contributed by atoms with Gasteiger partial charge < -0.3 is 9.15 Å². The van der Waals surface area contributed by atoms with Gasteiger partial charge in [0.2, 0.25) is 5.89 Å². The van der Waals surface area contributed by atoms with Gasteiger partial charge in [0, 0.05) is 17.7 Å². The zero-order valence-electron chi connectivity index (χ0n) is 14.6. The summed E-state index contributed by atoms with van der Waals surface area (Å²) in [5, 5.41) is 29.2. The van der Waals surface area contributed by atoms with Crippen LogP contribution in [0.3, 0.4) is 0 Å². The third kappa shape index (κ3) is 3.95. The van der Waals surface area contributed by atoms with Gasteiger partial charge in [-0.2, -0.15) is 0 Å². The number of hydrogen-bond acceptors (Lipinski definition) is 10. The van der Waals surface area contributed by atoms with Crippen molar-refractivity contribution in [1.82, 2.24) is 30.4 Å². The Morgan fingerprint density at radius 2 is 1.86 bits per heavy atom. The Bertz CT molecular complexity index is 1140. The first-order valence-corrected chi connectivity index (χ1v) is 8.18. The highest BCUT2D eigenvalue weighted by Crippen LogP contribution is 2.21. The Labute approximate surface area is 161 Å². The first kappa shape index (κ1) is 17.9. The lowest BCUT2D eigenvalue weighted by molar-refractivity contribution is -0.384. The molecule has 0 spiro atoms. The zero-order chi connectivity index (χ0) is 20.2. The number of esters is 1. The number of rotatable bonds is 6. The van der Waals surface area contributed by atoms with Crippen molar-refractivity contribution in [2.24, 2.45) is 0 Å². The molecule has 0 fully saturated rings. The molecule has 0 radical (unpaired) electrons. The number of ether oxygens (including phenoxy) is 1. The highest BCUT2D eigenvalue weighted by molar-refractivity contribution is 5.89. The van der Waals surface area contributed by atoms with Crippen LogP contribution in [0.25, 0.3) is 17.1 Å². The third-order valence-corrected chi connectivity index (χ3v) is 3.84. The highest BCUT2D eigenvalue weighted by atomic mass is 16.6. The molecule has 0 saturated carbocycles. The van der Waals surface area contributed by atoms with E-state index in [2.05, 4.69) is 25.7 Å². The normalized spacial score (nSPS) is 10.6. The average Bonchev–Trinajstić information content (AvgIpc) is 3.44. The number of carbonyl (C=O) groups excluding carboxylic acids is 1. The molecule has 2 aromatic heterocycles. The molecule has 2 aromatic carbocycles. The van der Waals surface area contributed by atoms with Crippen LogP contribution in [0.2, 0.25) is 0 Å². The van der Waals surface area contributed by atoms with Crippen LogP contribution < -0.4 is 0 Å². The zero-order valence-corrected chi connectivity index (χ0v) is 14.6. The van der Waals surface area contributed by atoms with E-state index in [0.29, 0.717) is 16.8 Å².